The molecular weight excluding hydrogens is 398 g/mol. The Morgan fingerprint density at radius 1 is 1.13 bits per heavy atom. The van der Waals surface area contributed by atoms with Crippen LogP contribution >= 0.6 is 11.3 Å². The van der Waals surface area contributed by atoms with Crippen molar-refractivity contribution in [3.63, 3.8) is 0 Å². The Kier molecular flexibility index (Phi) is 4.76. The fourth-order valence-corrected chi connectivity index (χ4v) is 4.43. The molecule has 4 aromatic rings. The topological polar surface area (TPSA) is 79.5 Å². The number of likely N-dealkylation sites (N-methyl/N-ethyl adjacent to an activating group) is 1. The molecule has 1 aliphatic heterocycles. The zero-order chi connectivity index (χ0) is 20.7. The summed E-state index contributed by atoms with van der Waals surface area (Å²) in [7, 11) is 2.07. The fraction of sp³-hybridized carbons (Fsp3) is 0.286. The maximum atomic E-state index is 12.9. The second-order valence-corrected chi connectivity index (χ2v) is 8.52. The van der Waals surface area contributed by atoms with Gasteiger partial charge in [0, 0.05) is 49.2 Å². The van der Waals surface area contributed by atoms with Crippen molar-refractivity contribution in [3.8, 4) is 11.1 Å². The highest BCUT2D eigenvalue weighted by atomic mass is 32.1. The lowest BCUT2D eigenvalue weighted by molar-refractivity contribution is 0.0537. The first-order valence-corrected chi connectivity index (χ1v) is 10.6. The smallest absolute Gasteiger partial charge is 0.273 e. The van der Waals surface area contributed by atoms with E-state index in [2.05, 4.69) is 38.3 Å². The summed E-state index contributed by atoms with van der Waals surface area (Å²) < 4.78 is 1.81. The number of carbonyl (C=O) groups excluding carboxylic acids is 1. The van der Waals surface area contributed by atoms with Gasteiger partial charge in [-0.3, -0.25) is 14.7 Å². The van der Waals surface area contributed by atoms with Gasteiger partial charge in [-0.25, -0.2) is 9.50 Å². The number of hydrogen-bond donors (Lipinski definition) is 0. The molecule has 5 heterocycles. The zero-order valence-corrected chi connectivity index (χ0v) is 17.6. The number of thiazole rings is 1. The standard InChI is InChI=1S/C21H21N7OS/c1-14-23-17(13-30-14)21(29)27-10-9-26(2)19(12-27)20-18-4-3-16(11-28(18)25-24-20)15-5-7-22-8-6-15/h3-8,11,13,19H,9-10,12H2,1-2H3. The number of aromatic nitrogens is 5. The maximum absolute atomic E-state index is 12.9. The number of piperazine rings is 1. The highest BCUT2D eigenvalue weighted by Gasteiger charge is 2.32. The molecule has 0 aliphatic carbocycles. The van der Waals surface area contributed by atoms with Crippen LogP contribution in [0, 0.1) is 6.92 Å². The van der Waals surface area contributed by atoms with E-state index in [4.69, 9.17) is 0 Å². The van der Waals surface area contributed by atoms with Gasteiger partial charge >= 0.3 is 0 Å². The Bertz CT molecular complexity index is 1200. The monoisotopic (exact) mass is 419 g/mol. The molecular formula is C21H21N7OS. The quantitative estimate of drug-likeness (QED) is 0.508. The Labute approximate surface area is 177 Å². The molecule has 1 atom stereocenters. The molecule has 1 saturated heterocycles. The molecule has 8 nitrogen and oxygen atoms in total. The summed E-state index contributed by atoms with van der Waals surface area (Å²) in [5, 5.41) is 11.6. The number of pyridine rings is 2. The number of hydrogen-bond acceptors (Lipinski definition) is 7. The number of carbonyl (C=O) groups is 1. The highest BCUT2D eigenvalue weighted by Crippen LogP contribution is 2.28. The first-order chi connectivity index (χ1) is 14.6. The van der Waals surface area contributed by atoms with Crippen LogP contribution in [0.1, 0.15) is 27.2 Å². The lowest BCUT2D eigenvalue weighted by Gasteiger charge is -2.38. The summed E-state index contributed by atoms with van der Waals surface area (Å²) >= 11 is 1.50. The average Bonchev–Trinajstić information content (AvgIpc) is 3.40. The van der Waals surface area contributed by atoms with Crippen LogP contribution in [-0.2, 0) is 0 Å². The van der Waals surface area contributed by atoms with Gasteiger partial charge < -0.3 is 4.90 Å². The molecule has 1 fully saturated rings. The minimum atomic E-state index is -0.0216. The van der Waals surface area contributed by atoms with Gasteiger partial charge in [0.15, 0.2) is 0 Å². The van der Waals surface area contributed by atoms with E-state index in [0.717, 1.165) is 33.9 Å². The van der Waals surface area contributed by atoms with E-state index in [9.17, 15) is 4.79 Å². The number of fused-ring (bicyclic) bond motifs is 1. The van der Waals surface area contributed by atoms with Gasteiger partial charge in [0.1, 0.15) is 11.4 Å². The van der Waals surface area contributed by atoms with Crippen LogP contribution in [-0.4, -0.2) is 67.2 Å². The summed E-state index contributed by atoms with van der Waals surface area (Å²) in [6.07, 6.45) is 5.53. The van der Waals surface area contributed by atoms with Crippen molar-refractivity contribution in [2.45, 2.75) is 13.0 Å². The van der Waals surface area contributed by atoms with Crippen molar-refractivity contribution in [2.75, 3.05) is 26.7 Å². The highest BCUT2D eigenvalue weighted by molar-refractivity contribution is 7.09. The summed E-state index contributed by atoms with van der Waals surface area (Å²) in [6.45, 7) is 3.92. The van der Waals surface area contributed by atoms with Crippen molar-refractivity contribution in [2.24, 2.45) is 0 Å². The molecule has 1 amide bonds. The lowest BCUT2D eigenvalue weighted by atomic mass is 10.1. The first kappa shape index (κ1) is 18.8. The van der Waals surface area contributed by atoms with Gasteiger partial charge in [-0.1, -0.05) is 11.3 Å². The Morgan fingerprint density at radius 2 is 1.97 bits per heavy atom. The third kappa shape index (κ3) is 3.35. The molecule has 0 saturated carbocycles. The van der Waals surface area contributed by atoms with Crippen molar-refractivity contribution >= 4 is 22.8 Å². The van der Waals surface area contributed by atoms with Gasteiger partial charge in [0.2, 0.25) is 0 Å². The van der Waals surface area contributed by atoms with Crippen LogP contribution in [0.2, 0.25) is 0 Å². The van der Waals surface area contributed by atoms with E-state index >= 15 is 0 Å². The van der Waals surface area contributed by atoms with Gasteiger partial charge in [-0.2, -0.15) is 0 Å². The van der Waals surface area contributed by atoms with E-state index in [1.807, 2.05) is 46.1 Å². The van der Waals surface area contributed by atoms with Crippen molar-refractivity contribution < 1.29 is 4.79 Å². The Balaban J connectivity index is 1.44. The summed E-state index contributed by atoms with van der Waals surface area (Å²) in [5.74, 6) is -0.0195. The van der Waals surface area contributed by atoms with E-state index in [1.165, 1.54) is 11.3 Å². The molecule has 0 radical (unpaired) electrons. The minimum Gasteiger partial charge on any atom is -0.334 e. The van der Waals surface area contributed by atoms with Gasteiger partial charge in [0.25, 0.3) is 5.91 Å². The molecule has 0 spiro atoms. The summed E-state index contributed by atoms with van der Waals surface area (Å²) in [6, 6.07) is 8.03. The molecule has 1 unspecified atom stereocenters. The molecule has 4 aromatic heterocycles. The number of rotatable bonds is 3. The first-order valence-electron chi connectivity index (χ1n) is 9.77. The molecule has 1 aliphatic rings. The molecule has 0 bridgehead atoms. The number of amides is 1. The van der Waals surface area contributed by atoms with Crippen LogP contribution in [0.15, 0.2) is 48.2 Å². The average molecular weight is 420 g/mol. The largest absolute Gasteiger partial charge is 0.334 e. The lowest BCUT2D eigenvalue weighted by Crippen LogP contribution is -2.49. The SMILES string of the molecule is Cc1nc(C(=O)N2CCN(C)C(c3nnn4cc(-c5ccncc5)ccc34)C2)cs1. The predicted octanol–water partition coefficient (Wildman–Crippen LogP) is 2.69. The summed E-state index contributed by atoms with van der Waals surface area (Å²) in [4.78, 5) is 25.4. The molecule has 5 rings (SSSR count). The van der Waals surface area contributed by atoms with E-state index in [-0.39, 0.29) is 11.9 Å². The Morgan fingerprint density at radius 3 is 2.73 bits per heavy atom. The normalized spacial score (nSPS) is 17.5. The summed E-state index contributed by atoms with van der Waals surface area (Å²) in [5.41, 5.74) is 4.48. The predicted molar refractivity (Wildman–Crippen MR) is 114 cm³/mol. The minimum absolute atomic E-state index is 0.0195. The van der Waals surface area contributed by atoms with E-state index < -0.39 is 0 Å². The Hall–Kier alpha value is -3.17. The van der Waals surface area contributed by atoms with E-state index in [0.29, 0.717) is 18.8 Å². The van der Waals surface area contributed by atoms with Gasteiger partial charge in [-0.05, 0) is 37.7 Å². The van der Waals surface area contributed by atoms with Gasteiger partial charge in [0.05, 0.1) is 16.6 Å². The van der Waals surface area contributed by atoms with E-state index in [1.54, 1.807) is 12.4 Å². The van der Waals surface area contributed by atoms with Crippen molar-refractivity contribution in [1.29, 1.82) is 0 Å². The second kappa shape index (κ2) is 7.58. The van der Waals surface area contributed by atoms with Crippen LogP contribution < -0.4 is 0 Å². The van der Waals surface area contributed by atoms with Gasteiger partial charge in [-0.15, -0.1) is 16.4 Å². The van der Waals surface area contributed by atoms with Crippen LogP contribution in [0.5, 0.6) is 0 Å². The molecule has 30 heavy (non-hydrogen) atoms. The third-order valence-electron chi connectivity index (χ3n) is 5.54. The van der Waals surface area contributed by atoms with Crippen LogP contribution in [0.4, 0.5) is 0 Å². The molecule has 152 valence electrons. The molecule has 0 aromatic carbocycles. The third-order valence-corrected chi connectivity index (χ3v) is 6.32. The van der Waals surface area contributed by atoms with Crippen LogP contribution in [0.25, 0.3) is 16.6 Å². The number of aryl methyl sites for hydroxylation is 1. The van der Waals surface area contributed by atoms with Crippen molar-refractivity contribution in [3.05, 3.63) is 64.6 Å². The van der Waals surface area contributed by atoms with Crippen molar-refractivity contribution in [1.82, 2.24) is 34.6 Å². The molecule has 0 N–H and O–H groups in total. The molecule has 9 heteroatoms. The second-order valence-electron chi connectivity index (χ2n) is 7.46. The zero-order valence-electron chi connectivity index (χ0n) is 16.8. The maximum Gasteiger partial charge on any atom is 0.273 e. The van der Waals surface area contributed by atoms with Crippen LogP contribution in [0.3, 0.4) is 0 Å². The fourth-order valence-electron chi connectivity index (χ4n) is 3.84. The number of nitrogens with zero attached hydrogens (tertiary/aromatic N) is 7.